The molecule has 0 bridgehead atoms. The molecule has 1 aromatic heterocycles. The number of amides is 1. The third-order valence-electron chi connectivity index (χ3n) is 4.24. The van der Waals surface area contributed by atoms with Gasteiger partial charge in [0.1, 0.15) is 5.54 Å². The van der Waals surface area contributed by atoms with E-state index in [2.05, 4.69) is 42.9 Å². The maximum absolute atomic E-state index is 12.3. The fraction of sp³-hybridized carbons (Fsp3) is 0.316. The van der Waals surface area contributed by atoms with Crippen molar-refractivity contribution in [2.45, 2.75) is 19.4 Å². The van der Waals surface area contributed by atoms with Crippen LogP contribution in [0.1, 0.15) is 34.0 Å². The number of rotatable bonds is 4. The minimum atomic E-state index is -0.448. The number of nitrogens with zero attached hydrogens (tertiary/aromatic N) is 1. The molecule has 126 valence electrons. The predicted molar refractivity (Wildman–Crippen MR) is 98.8 cm³/mol. The van der Waals surface area contributed by atoms with E-state index in [1.807, 2.05) is 30.3 Å². The van der Waals surface area contributed by atoms with Crippen LogP contribution in [-0.4, -0.2) is 24.9 Å². The van der Waals surface area contributed by atoms with Crippen LogP contribution in [0.2, 0.25) is 0 Å². The summed E-state index contributed by atoms with van der Waals surface area (Å²) in [6.07, 6.45) is 2.24. The Morgan fingerprint density at radius 3 is 2.42 bits per heavy atom. The molecule has 4 nitrogen and oxygen atoms in total. The zero-order valence-electron chi connectivity index (χ0n) is 14.5. The van der Waals surface area contributed by atoms with Gasteiger partial charge in [0.2, 0.25) is 0 Å². The topological polar surface area (TPSA) is 44.4 Å². The highest BCUT2D eigenvalue weighted by Crippen LogP contribution is 2.39. The van der Waals surface area contributed by atoms with Gasteiger partial charge in [-0.2, -0.15) is 0 Å². The first-order valence-electron chi connectivity index (χ1n) is 8.07. The van der Waals surface area contributed by atoms with Gasteiger partial charge in [-0.3, -0.25) is 4.79 Å². The van der Waals surface area contributed by atoms with Crippen LogP contribution in [0.15, 0.2) is 54.2 Å². The number of allylic oxidation sites excluding steroid dienone is 1. The average Bonchev–Trinajstić information content (AvgIpc) is 3.23. The molecule has 0 aliphatic carbocycles. The maximum Gasteiger partial charge on any atom is 0.263 e. The van der Waals surface area contributed by atoms with Crippen molar-refractivity contribution in [3.05, 3.63) is 69.6 Å². The van der Waals surface area contributed by atoms with Crippen molar-refractivity contribution >= 4 is 17.2 Å². The summed E-state index contributed by atoms with van der Waals surface area (Å²) < 4.78 is 0. The molecule has 0 saturated heterocycles. The second-order valence-electron chi connectivity index (χ2n) is 6.54. The summed E-state index contributed by atoms with van der Waals surface area (Å²) in [7, 11) is 3.56. The Hall–Kier alpha value is -2.11. The molecule has 1 amide bonds. The summed E-state index contributed by atoms with van der Waals surface area (Å²) in [6.45, 7) is 4.33. The minimum Gasteiger partial charge on any atom is -0.344 e. The molecular formula is C19H23N3OS. The van der Waals surface area contributed by atoms with Gasteiger partial charge in [0.15, 0.2) is 0 Å². The van der Waals surface area contributed by atoms with Crippen LogP contribution in [0.3, 0.4) is 0 Å². The zero-order valence-corrected chi connectivity index (χ0v) is 15.3. The minimum absolute atomic E-state index is 0.0356. The standard InChI is InChI=1S/C19H23N3OS/c1-13(2)15-12-19(21-20-15,14-8-6-5-7-9-14)17-11-10-16(24-17)18(23)22(3)4/h5-13,20-21H,1-4H3. The Labute approximate surface area is 147 Å². The van der Waals surface area contributed by atoms with Gasteiger partial charge in [-0.25, -0.2) is 5.43 Å². The first kappa shape index (κ1) is 16.7. The third kappa shape index (κ3) is 2.85. The van der Waals surface area contributed by atoms with Gasteiger partial charge in [0.25, 0.3) is 5.91 Å². The van der Waals surface area contributed by atoms with Crippen LogP contribution in [0.5, 0.6) is 0 Å². The van der Waals surface area contributed by atoms with Crippen LogP contribution in [0.25, 0.3) is 0 Å². The van der Waals surface area contributed by atoms with Crippen molar-refractivity contribution in [1.29, 1.82) is 0 Å². The van der Waals surface area contributed by atoms with Crippen molar-refractivity contribution in [3.63, 3.8) is 0 Å². The Morgan fingerprint density at radius 1 is 1.12 bits per heavy atom. The van der Waals surface area contributed by atoms with Crippen LogP contribution < -0.4 is 10.9 Å². The molecule has 1 aromatic carbocycles. The first-order chi connectivity index (χ1) is 11.4. The molecule has 2 heterocycles. The van der Waals surface area contributed by atoms with E-state index in [4.69, 9.17) is 0 Å². The molecule has 1 aliphatic heterocycles. The number of carbonyl (C=O) groups is 1. The highest BCUT2D eigenvalue weighted by Gasteiger charge is 2.38. The third-order valence-corrected chi connectivity index (χ3v) is 5.45. The van der Waals surface area contributed by atoms with Crippen molar-refractivity contribution < 1.29 is 4.79 Å². The molecule has 0 saturated carbocycles. The number of hydrazine groups is 1. The fourth-order valence-corrected chi connectivity index (χ4v) is 3.97. The molecule has 1 unspecified atom stereocenters. The average molecular weight is 341 g/mol. The SMILES string of the molecule is CC(C)C1=CC(c2ccccc2)(c2ccc(C(=O)N(C)C)s2)NN1. The molecular weight excluding hydrogens is 318 g/mol. The molecule has 1 aliphatic rings. The number of hydrogen-bond acceptors (Lipinski definition) is 4. The van der Waals surface area contributed by atoms with E-state index in [9.17, 15) is 4.79 Å². The molecule has 2 aromatic rings. The van der Waals surface area contributed by atoms with E-state index >= 15 is 0 Å². The Bertz CT molecular complexity index is 764. The maximum atomic E-state index is 12.3. The smallest absolute Gasteiger partial charge is 0.263 e. The zero-order chi connectivity index (χ0) is 17.3. The van der Waals surface area contributed by atoms with E-state index in [0.29, 0.717) is 5.92 Å². The molecule has 0 spiro atoms. The molecule has 24 heavy (non-hydrogen) atoms. The number of thiophene rings is 1. The highest BCUT2D eigenvalue weighted by molar-refractivity contribution is 7.14. The van der Waals surface area contributed by atoms with E-state index in [0.717, 1.165) is 21.0 Å². The molecule has 0 fully saturated rings. The summed E-state index contributed by atoms with van der Waals surface area (Å²) in [6, 6.07) is 14.3. The lowest BCUT2D eigenvalue weighted by molar-refractivity contribution is 0.0832. The Morgan fingerprint density at radius 2 is 1.83 bits per heavy atom. The van der Waals surface area contributed by atoms with E-state index in [-0.39, 0.29) is 5.91 Å². The second-order valence-corrected chi connectivity index (χ2v) is 7.63. The van der Waals surface area contributed by atoms with Gasteiger partial charge in [-0.15, -0.1) is 11.3 Å². The van der Waals surface area contributed by atoms with Gasteiger partial charge >= 0.3 is 0 Å². The predicted octanol–water partition coefficient (Wildman–Crippen LogP) is 3.34. The van der Waals surface area contributed by atoms with Crippen molar-refractivity contribution in [3.8, 4) is 0 Å². The van der Waals surface area contributed by atoms with Gasteiger partial charge in [0.05, 0.1) is 4.88 Å². The van der Waals surface area contributed by atoms with Crippen LogP contribution in [0, 0.1) is 5.92 Å². The Balaban J connectivity index is 2.09. The van der Waals surface area contributed by atoms with Gasteiger partial charge < -0.3 is 10.3 Å². The lowest BCUT2D eigenvalue weighted by atomic mass is 9.88. The molecule has 0 radical (unpaired) electrons. The summed E-state index contributed by atoms with van der Waals surface area (Å²) >= 11 is 1.54. The van der Waals surface area contributed by atoms with Gasteiger partial charge in [-0.05, 0) is 29.7 Å². The van der Waals surface area contributed by atoms with Crippen molar-refractivity contribution in [1.82, 2.24) is 15.8 Å². The summed E-state index contributed by atoms with van der Waals surface area (Å²) in [4.78, 5) is 15.7. The summed E-state index contributed by atoms with van der Waals surface area (Å²) in [5.41, 5.74) is 8.65. The van der Waals surface area contributed by atoms with Crippen LogP contribution >= 0.6 is 11.3 Å². The monoisotopic (exact) mass is 341 g/mol. The molecule has 2 N–H and O–H groups in total. The van der Waals surface area contributed by atoms with Crippen LogP contribution in [-0.2, 0) is 5.54 Å². The van der Waals surface area contributed by atoms with E-state index in [1.54, 1.807) is 19.0 Å². The number of hydrogen-bond donors (Lipinski definition) is 2. The molecule has 5 heteroatoms. The van der Waals surface area contributed by atoms with Crippen molar-refractivity contribution in [2.75, 3.05) is 14.1 Å². The lowest BCUT2D eigenvalue weighted by Gasteiger charge is -2.27. The number of benzene rings is 1. The first-order valence-corrected chi connectivity index (χ1v) is 8.89. The quantitative estimate of drug-likeness (QED) is 0.896. The Kier molecular flexibility index (Phi) is 4.47. The summed E-state index contributed by atoms with van der Waals surface area (Å²) in [5, 5.41) is 0. The largest absolute Gasteiger partial charge is 0.344 e. The fourth-order valence-electron chi connectivity index (χ4n) is 2.80. The molecule has 3 rings (SSSR count). The second kappa shape index (κ2) is 6.42. The van der Waals surface area contributed by atoms with Gasteiger partial charge in [-0.1, -0.05) is 44.2 Å². The number of nitrogens with one attached hydrogen (secondary N) is 2. The normalized spacial score (nSPS) is 20.0. The van der Waals surface area contributed by atoms with E-state index in [1.165, 1.54) is 11.3 Å². The van der Waals surface area contributed by atoms with E-state index < -0.39 is 5.54 Å². The highest BCUT2D eigenvalue weighted by atomic mass is 32.1. The van der Waals surface area contributed by atoms with Crippen molar-refractivity contribution in [2.24, 2.45) is 5.92 Å². The van der Waals surface area contributed by atoms with Gasteiger partial charge in [0, 0.05) is 24.7 Å². The lowest BCUT2D eigenvalue weighted by Crippen LogP contribution is -2.43. The summed E-state index contributed by atoms with van der Waals surface area (Å²) in [5.74, 6) is 0.430. The number of carbonyl (C=O) groups excluding carboxylic acids is 1. The molecule has 1 atom stereocenters. The van der Waals surface area contributed by atoms with Crippen LogP contribution in [0.4, 0.5) is 0 Å².